The van der Waals surface area contributed by atoms with Crippen molar-refractivity contribution in [3.05, 3.63) is 69.5 Å². The van der Waals surface area contributed by atoms with Gasteiger partial charge in [-0.3, -0.25) is 9.59 Å². The van der Waals surface area contributed by atoms with Crippen molar-refractivity contribution in [3.8, 4) is 0 Å². The maximum Gasteiger partial charge on any atom is 0.242 e. The van der Waals surface area contributed by atoms with Gasteiger partial charge in [-0.05, 0) is 36.6 Å². The van der Waals surface area contributed by atoms with Crippen LogP contribution in [0.15, 0.2) is 42.5 Å². The highest BCUT2D eigenvalue weighted by Crippen LogP contribution is 2.25. The maximum atomic E-state index is 14.2. The first-order valence-electron chi connectivity index (χ1n) is 10.0. The second-order valence-corrected chi connectivity index (χ2v) is 9.47. The maximum absolute atomic E-state index is 14.2. The van der Waals surface area contributed by atoms with Gasteiger partial charge in [0.25, 0.3) is 0 Å². The predicted molar refractivity (Wildman–Crippen MR) is 127 cm³/mol. The number of nitrogens with one attached hydrogen (secondary N) is 1. The predicted octanol–water partition coefficient (Wildman–Crippen LogP) is 5.56. The van der Waals surface area contributed by atoms with Crippen LogP contribution >= 0.6 is 35.0 Å². The minimum Gasteiger partial charge on any atom is -0.354 e. The highest BCUT2D eigenvalue weighted by Gasteiger charge is 2.26. The molecule has 0 saturated carbocycles. The minimum atomic E-state index is -0.726. The number of amides is 2. The standard InChI is InChI=1S/C23H27Cl2FN2O2S/c1-15(2)11-27-23(30)16(3)28(12-18-6-4-5-7-21(18)26)22(29)14-31-13-17-8-9-19(24)20(25)10-17/h4-10,15-16H,11-14H2,1-3H3,(H,27,30). The summed E-state index contributed by atoms with van der Waals surface area (Å²) in [5, 5.41) is 3.79. The average Bonchev–Trinajstić information content (AvgIpc) is 2.73. The molecule has 0 saturated heterocycles. The van der Waals surface area contributed by atoms with Crippen LogP contribution in [0.1, 0.15) is 31.9 Å². The van der Waals surface area contributed by atoms with E-state index in [9.17, 15) is 14.0 Å². The molecule has 1 atom stereocenters. The van der Waals surface area contributed by atoms with Gasteiger partial charge < -0.3 is 10.2 Å². The first-order valence-corrected chi connectivity index (χ1v) is 11.9. The fraction of sp³-hybridized carbons (Fsp3) is 0.391. The van der Waals surface area contributed by atoms with Crippen molar-refractivity contribution < 1.29 is 14.0 Å². The van der Waals surface area contributed by atoms with Crippen molar-refractivity contribution in [2.45, 2.75) is 39.1 Å². The Bertz CT molecular complexity index is 911. The summed E-state index contributed by atoms with van der Waals surface area (Å²) in [6.45, 7) is 6.18. The van der Waals surface area contributed by atoms with Crippen LogP contribution in [0.5, 0.6) is 0 Å². The highest BCUT2D eigenvalue weighted by molar-refractivity contribution is 7.99. The van der Waals surface area contributed by atoms with E-state index in [0.717, 1.165) is 5.56 Å². The molecule has 0 aliphatic carbocycles. The van der Waals surface area contributed by atoms with Crippen LogP contribution < -0.4 is 5.32 Å². The lowest BCUT2D eigenvalue weighted by atomic mass is 10.1. The molecular formula is C23H27Cl2FN2O2S. The zero-order valence-electron chi connectivity index (χ0n) is 17.8. The molecule has 2 rings (SSSR count). The third-order valence-corrected chi connectivity index (χ3v) is 6.36. The third-order valence-electron chi connectivity index (χ3n) is 4.63. The molecule has 0 heterocycles. The number of carbonyl (C=O) groups is 2. The van der Waals surface area contributed by atoms with Gasteiger partial charge in [-0.2, -0.15) is 0 Å². The van der Waals surface area contributed by atoms with Crippen LogP contribution in [-0.4, -0.2) is 35.1 Å². The summed E-state index contributed by atoms with van der Waals surface area (Å²) in [4.78, 5) is 27.0. The number of hydrogen-bond donors (Lipinski definition) is 1. The van der Waals surface area contributed by atoms with Gasteiger partial charge in [-0.1, -0.05) is 61.3 Å². The summed E-state index contributed by atoms with van der Waals surface area (Å²) in [6, 6.07) is 10.9. The van der Waals surface area contributed by atoms with Gasteiger partial charge in [0.05, 0.1) is 15.8 Å². The molecule has 0 fully saturated rings. The Hall–Kier alpha value is -1.76. The number of benzene rings is 2. The second-order valence-electron chi connectivity index (χ2n) is 7.67. The van der Waals surface area contributed by atoms with E-state index < -0.39 is 11.9 Å². The summed E-state index contributed by atoms with van der Waals surface area (Å²) in [5.74, 6) is 0.0983. The zero-order valence-corrected chi connectivity index (χ0v) is 20.2. The molecule has 0 spiro atoms. The minimum absolute atomic E-state index is 0.0229. The number of carbonyl (C=O) groups excluding carboxylic acids is 2. The van der Waals surface area contributed by atoms with Crippen LogP contribution in [0.25, 0.3) is 0 Å². The Morgan fingerprint density at radius 3 is 2.45 bits per heavy atom. The molecule has 31 heavy (non-hydrogen) atoms. The molecule has 8 heteroatoms. The lowest BCUT2D eigenvalue weighted by Crippen LogP contribution is -2.48. The molecule has 2 amide bonds. The summed E-state index contributed by atoms with van der Waals surface area (Å²) in [6.07, 6.45) is 0. The Kier molecular flexibility index (Phi) is 10.1. The van der Waals surface area contributed by atoms with Crippen LogP contribution in [0.4, 0.5) is 4.39 Å². The molecule has 0 aliphatic heterocycles. The Morgan fingerprint density at radius 2 is 1.81 bits per heavy atom. The normalized spacial score (nSPS) is 12.0. The Morgan fingerprint density at radius 1 is 1.10 bits per heavy atom. The number of halogens is 3. The van der Waals surface area contributed by atoms with Crippen LogP contribution in [0.3, 0.4) is 0 Å². The van der Waals surface area contributed by atoms with E-state index in [-0.39, 0.29) is 30.0 Å². The summed E-state index contributed by atoms with van der Waals surface area (Å²) < 4.78 is 14.2. The van der Waals surface area contributed by atoms with E-state index in [1.165, 1.54) is 22.7 Å². The Balaban J connectivity index is 2.08. The summed E-state index contributed by atoms with van der Waals surface area (Å²) in [5.41, 5.74) is 1.31. The van der Waals surface area contributed by atoms with Crippen LogP contribution in [-0.2, 0) is 21.9 Å². The van der Waals surface area contributed by atoms with Crippen molar-refractivity contribution in [1.82, 2.24) is 10.2 Å². The summed E-state index contributed by atoms with van der Waals surface area (Å²) >= 11 is 13.4. The number of hydrogen-bond acceptors (Lipinski definition) is 3. The quantitative estimate of drug-likeness (QED) is 0.480. The monoisotopic (exact) mass is 484 g/mol. The first-order chi connectivity index (χ1) is 14.7. The fourth-order valence-electron chi connectivity index (χ4n) is 2.81. The molecule has 0 bridgehead atoms. The van der Waals surface area contributed by atoms with E-state index in [1.807, 2.05) is 19.9 Å². The van der Waals surface area contributed by atoms with E-state index >= 15 is 0 Å². The molecule has 1 N–H and O–H groups in total. The molecule has 0 radical (unpaired) electrons. The lowest BCUT2D eigenvalue weighted by molar-refractivity contribution is -0.138. The van der Waals surface area contributed by atoms with Crippen molar-refractivity contribution >= 4 is 46.8 Å². The van der Waals surface area contributed by atoms with E-state index in [1.54, 1.807) is 37.3 Å². The van der Waals surface area contributed by atoms with Gasteiger partial charge in [-0.15, -0.1) is 11.8 Å². The number of thioether (sulfide) groups is 1. The highest BCUT2D eigenvalue weighted by atomic mass is 35.5. The van der Waals surface area contributed by atoms with Crippen molar-refractivity contribution in [2.75, 3.05) is 12.3 Å². The van der Waals surface area contributed by atoms with Crippen molar-refractivity contribution in [1.29, 1.82) is 0 Å². The first kappa shape index (κ1) is 25.5. The van der Waals surface area contributed by atoms with Gasteiger partial charge in [0.15, 0.2) is 0 Å². The number of rotatable bonds is 10. The van der Waals surface area contributed by atoms with E-state index in [4.69, 9.17) is 23.2 Å². The molecule has 2 aromatic rings. The average molecular weight is 485 g/mol. The van der Waals surface area contributed by atoms with Crippen molar-refractivity contribution in [3.63, 3.8) is 0 Å². The fourth-order valence-corrected chi connectivity index (χ4v) is 3.99. The molecular weight excluding hydrogens is 458 g/mol. The Labute approximate surface area is 197 Å². The third kappa shape index (κ3) is 8.02. The lowest BCUT2D eigenvalue weighted by Gasteiger charge is -2.29. The smallest absolute Gasteiger partial charge is 0.242 e. The molecule has 4 nitrogen and oxygen atoms in total. The van der Waals surface area contributed by atoms with Crippen LogP contribution in [0, 0.1) is 11.7 Å². The van der Waals surface area contributed by atoms with Gasteiger partial charge in [0.2, 0.25) is 11.8 Å². The molecule has 0 aliphatic rings. The van der Waals surface area contributed by atoms with Crippen molar-refractivity contribution in [2.24, 2.45) is 5.92 Å². The molecule has 2 aromatic carbocycles. The molecule has 0 aromatic heterocycles. The van der Waals surface area contributed by atoms with Gasteiger partial charge >= 0.3 is 0 Å². The molecule has 1 unspecified atom stereocenters. The zero-order chi connectivity index (χ0) is 23.0. The summed E-state index contributed by atoms with van der Waals surface area (Å²) in [7, 11) is 0. The number of nitrogens with zero attached hydrogens (tertiary/aromatic N) is 1. The van der Waals surface area contributed by atoms with Gasteiger partial charge in [-0.25, -0.2) is 4.39 Å². The SMILES string of the molecule is CC(C)CNC(=O)C(C)N(Cc1ccccc1F)C(=O)CSCc1ccc(Cl)c(Cl)c1. The van der Waals surface area contributed by atoms with Crippen LogP contribution in [0.2, 0.25) is 10.0 Å². The largest absolute Gasteiger partial charge is 0.354 e. The van der Waals surface area contributed by atoms with E-state index in [2.05, 4.69) is 5.32 Å². The van der Waals surface area contributed by atoms with Gasteiger partial charge in [0.1, 0.15) is 11.9 Å². The second kappa shape index (κ2) is 12.3. The van der Waals surface area contributed by atoms with Gasteiger partial charge in [0, 0.05) is 24.4 Å². The topological polar surface area (TPSA) is 49.4 Å². The molecule has 168 valence electrons. The van der Waals surface area contributed by atoms with E-state index in [0.29, 0.717) is 27.9 Å².